The van der Waals surface area contributed by atoms with Gasteiger partial charge < -0.3 is 10.1 Å². The molecule has 1 aliphatic heterocycles. The van der Waals surface area contributed by atoms with Gasteiger partial charge in [-0.15, -0.1) is 0 Å². The van der Waals surface area contributed by atoms with Crippen LogP contribution in [0.1, 0.15) is 13.8 Å². The van der Waals surface area contributed by atoms with Gasteiger partial charge in [0.1, 0.15) is 0 Å². The molecule has 3 unspecified atom stereocenters. The summed E-state index contributed by atoms with van der Waals surface area (Å²) in [5, 5.41) is 3.23. The molecule has 11 heavy (non-hydrogen) atoms. The molecule has 1 aliphatic rings. The first-order valence-corrected chi connectivity index (χ1v) is 3.98. The van der Waals surface area contributed by atoms with Crippen LogP contribution in [0.25, 0.3) is 0 Å². The minimum Gasteiger partial charge on any atom is -0.469 e. The van der Waals surface area contributed by atoms with Crippen molar-refractivity contribution in [3.63, 3.8) is 0 Å². The van der Waals surface area contributed by atoms with Crippen LogP contribution in [0.4, 0.5) is 0 Å². The van der Waals surface area contributed by atoms with Crippen molar-refractivity contribution in [1.82, 2.24) is 5.32 Å². The van der Waals surface area contributed by atoms with Crippen LogP contribution in [0.3, 0.4) is 0 Å². The summed E-state index contributed by atoms with van der Waals surface area (Å²) in [6.07, 6.45) is 0. The molecule has 0 amide bonds. The monoisotopic (exact) mass is 157 g/mol. The summed E-state index contributed by atoms with van der Waals surface area (Å²) < 4.78 is 4.70. The Labute approximate surface area is 67.1 Å². The molecule has 1 saturated heterocycles. The molecule has 0 spiro atoms. The minimum atomic E-state index is -0.0880. The van der Waals surface area contributed by atoms with Crippen LogP contribution < -0.4 is 5.32 Å². The van der Waals surface area contributed by atoms with Crippen LogP contribution >= 0.6 is 0 Å². The minimum absolute atomic E-state index is 0.0417. The number of nitrogens with one attached hydrogen (secondary N) is 1. The van der Waals surface area contributed by atoms with Crippen LogP contribution in [-0.2, 0) is 9.53 Å². The topological polar surface area (TPSA) is 38.3 Å². The molecule has 0 bridgehead atoms. The average molecular weight is 157 g/mol. The third kappa shape index (κ3) is 1.53. The Bertz CT molecular complexity index is 148. The number of carbonyl (C=O) groups excluding carboxylic acids is 1. The first-order chi connectivity index (χ1) is 5.16. The molecule has 0 aliphatic carbocycles. The zero-order valence-electron chi connectivity index (χ0n) is 7.26. The van der Waals surface area contributed by atoms with E-state index in [1.165, 1.54) is 7.11 Å². The lowest BCUT2D eigenvalue weighted by molar-refractivity contribution is -0.146. The molecule has 1 rings (SSSR count). The summed E-state index contributed by atoms with van der Waals surface area (Å²) in [7, 11) is 1.44. The molecule has 1 N–H and O–H groups in total. The van der Waals surface area contributed by atoms with Crippen molar-refractivity contribution in [2.24, 2.45) is 11.8 Å². The van der Waals surface area contributed by atoms with Crippen molar-refractivity contribution in [3.8, 4) is 0 Å². The van der Waals surface area contributed by atoms with Gasteiger partial charge in [-0.2, -0.15) is 0 Å². The quantitative estimate of drug-likeness (QED) is 0.560. The van der Waals surface area contributed by atoms with Crippen molar-refractivity contribution >= 4 is 5.97 Å². The summed E-state index contributed by atoms with van der Waals surface area (Å²) >= 11 is 0. The molecule has 0 aromatic rings. The number of hydrogen-bond acceptors (Lipinski definition) is 3. The second-order valence-corrected chi connectivity index (χ2v) is 3.22. The summed E-state index contributed by atoms with van der Waals surface area (Å²) in [5.74, 6) is 0.354. The predicted molar refractivity (Wildman–Crippen MR) is 42.1 cm³/mol. The van der Waals surface area contributed by atoms with E-state index < -0.39 is 0 Å². The van der Waals surface area contributed by atoms with Gasteiger partial charge >= 0.3 is 5.97 Å². The van der Waals surface area contributed by atoms with Crippen LogP contribution in [0.15, 0.2) is 0 Å². The van der Waals surface area contributed by atoms with Crippen LogP contribution in [-0.4, -0.2) is 25.7 Å². The van der Waals surface area contributed by atoms with E-state index in [0.29, 0.717) is 5.92 Å². The number of rotatable bonds is 1. The van der Waals surface area contributed by atoms with Crippen molar-refractivity contribution < 1.29 is 9.53 Å². The number of methoxy groups -OCH3 is 1. The fourth-order valence-corrected chi connectivity index (χ4v) is 1.69. The lowest BCUT2D eigenvalue weighted by atomic mass is 9.93. The Morgan fingerprint density at radius 3 is 2.55 bits per heavy atom. The first kappa shape index (κ1) is 8.53. The van der Waals surface area contributed by atoms with Gasteiger partial charge in [0, 0.05) is 6.04 Å². The highest BCUT2D eigenvalue weighted by atomic mass is 16.5. The third-order valence-electron chi connectivity index (χ3n) is 2.39. The molecule has 3 nitrogen and oxygen atoms in total. The maximum Gasteiger partial charge on any atom is 0.310 e. The molecule has 0 aromatic heterocycles. The molecule has 1 fully saturated rings. The fraction of sp³-hybridized carbons (Fsp3) is 0.875. The van der Waals surface area contributed by atoms with Gasteiger partial charge in [0.2, 0.25) is 0 Å². The van der Waals surface area contributed by atoms with Crippen molar-refractivity contribution in [2.75, 3.05) is 13.7 Å². The van der Waals surface area contributed by atoms with E-state index in [2.05, 4.69) is 12.2 Å². The molecule has 0 saturated carbocycles. The Morgan fingerprint density at radius 2 is 2.18 bits per heavy atom. The third-order valence-corrected chi connectivity index (χ3v) is 2.39. The van der Waals surface area contributed by atoms with Gasteiger partial charge in [-0.3, -0.25) is 4.79 Å². The van der Waals surface area contributed by atoms with Gasteiger partial charge in [0.25, 0.3) is 0 Å². The van der Waals surface area contributed by atoms with Crippen LogP contribution in [0.2, 0.25) is 0 Å². The zero-order chi connectivity index (χ0) is 8.43. The molecular formula is C8H15NO2. The Balaban J connectivity index is 2.60. The molecular weight excluding hydrogens is 142 g/mol. The molecule has 0 aromatic carbocycles. The van der Waals surface area contributed by atoms with Gasteiger partial charge in [-0.25, -0.2) is 0 Å². The van der Waals surface area contributed by atoms with E-state index in [-0.39, 0.29) is 17.9 Å². The van der Waals surface area contributed by atoms with Gasteiger partial charge in [0.05, 0.1) is 13.0 Å². The maximum atomic E-state index is 11.2. The van der Waals surface area contributed by atoms with E-state index in [9.17, 15) is 4.79 Å². The largest absolute Gasteiger partial charge is 0.469 e. The molecule has 3 atom stereocenters. The summed E-state index contributed by atoms with van der Waals surface area (Å²) in [5.41, 5.74) is 0. The number of esters is 1. The first-order valence-electron chi connectivity index (χ1n) is 3.98. The fourth-order valence-electron chi connectivity index (χ4n) is 1.69. The van der Waals surface area contributed by atoms with E-state index in [1.807, 2.05) is 6.92 Å². The number of hydrogen-bond donors (Lipinski definition) is 1. The van der Waals surface area contributed by atoms with E-state index >= 15 is 0 Å². The van der Waals surface area contributed by atoms with E-state index in [0.717, 1.165) is 6.54 Å². The lowest BCUT2D eigenvalue weighted by Crippen LogP contribution is -2.30. The zero-order valence-corrected chi connectivity index (χ0v) is 7.26. The normalized spacial score (nSPS) is 37.2. The van der Waals surface area contributed by atoms with E-state index in [1.54, 1.807) is 0 Å². The molecule has 0 radical (unpaired) electrons. The van der Waals surface area contributed by atoms with Gasteiger partial charge in [-0.05, 0) is 19.4 Å². The second kappa shape index (κ2) is 3.22. The highest BCUT2D eigenvalue weighted by Gasteiger charge is 2.36. The second-order valence-electron chi connectivity index (χ2n) is 3.22. The number of ether oxygens (including phenoxy) is 1. The summed E-state index contributed by atoms with van der Waals surface area (Å²) in [6, 6.07) is 0.262. The molecule has 1 heterocycles. The molecule has 64 valence electrons. The predicted octanol–water partition coefficient (Wildman–Crippen LogP) is 0.403. The van der Waals surface area contributed by atoms with Crippen LogP contribution in [0.5, 0.6) is 0 Å². The molecule has 3 heteroatoms. The van der Waals surface area contributed by atoms with Crippen molar-refractivity contribution in [2.45, 2.75) is 19.9 Å². The average Bonchev–Trinajstić information content (AvgIpc) is 2.30. The van der Waals surface area contributed by atoms with Crippen molar-refractivity contribution in [3.05, 3.63) is 0 Å². The maximum absolute atomic E-state index is 11.2. The standard InChI is InChI=1S/C8H15NO2/c1-5-4-9-6(2)7(5)8(10)11-3/h5-7,9H,4H2,1-3H3. The SMILES string of the molecule is COC(=O)C1C(C)CNC1C. The van der Waals surface area contributed by atoms with Gasteiger partial charge in [-0.1, -0.05) is 6.92 Å². The Kier molecular flexibility index (Phi) is 2.49. The summed E-state index contributed by atoms with van der Waals surface area (Å²) in [4.78, 5) is 11.2. The van der Waals surface area contributed by atoms with Crippen molar-refractivity contribution in [1.29, 1.82) is 0 Å². The smallest absolute Gasteiger partial charge is 0.310 e. The van der Waals surface area contributed by atoms with E-state index in [4.69, 9.17) is 4.74 Å². The Hall–Kier alpha value is -0.570. The number of carbonyl (C=O) groups is 1. The Morgan fingerprint density at radius 1 is 1.55 bits per heavy atom. The van der Waals surface area contributed by atoms with Crippen LogP contribution in [0, 0.1) is 11.8 Å². The highest BCUT2D eigenvalue weighted by Crippen LogP contribution is 2.22. The highest BCUT2D eigenvalue weighted by molar-refractivity contribution is 5.73. The van der Waals surface area contributed by atoms with Gasteiger partial charge in [0.15, 0.2) is 0 Å². The lowest BCUT2D eigenvalue weighted by Gasteiger charge is -2.15. The summed E-state index contributed by atoms with van der Waals surface area (Å²) in [6.45, 7) is 5.00.